The molecule has 0 bridgehead atoms. The highest BCUT2D eigenvalue weighted by Gasteiger charge is 2.36. The summed E-state index contributed by atoms with van der Waals surface area (Å²) >= 11 is 1.36. The van der Waals surface area contributed by atoms with Crippen LogP contribution in [0.3, 0.4) is 0 Å². The van der Waals surface area contributed by atoms with Crippen molar-refractivity contribution in [1.29, 1.82) is 0 Å². The van der Waals surface area contributed by atoms with Gasteiger partial charge in [-0.25, -0.2) is 0 Å². The number of aliphatic hydroxyl groups is 1. The van der Waals surface area contributed by atoms with E-state index in [0.717, 1.165) is 11.3 Å². The molecule has 1 atom stereocenters. The van der Waals surface area contributed by atoms with Crippen molar-refractivity contribution in [2.75, 3.05) is 0 Å². The molecule has 2 heterocycles. The van der Waals surface area contributed by atoms with Crippen LogP contribution in [0.2, 0.25) is 0 Å². The van der Waals surface area contributed by atoms with E-state index in [0.29, 0.717) is 17.7 Å². The molecule has 0 saturated heterocycles. The number of carbonyl (C=O) groups is 2. The van der Waals surface area contributed by atoms with Gasteiger partial charge in [0.25, 0.3) is 0 Å². The molecule has 5 nitrogen and oxygen atoms in total. The van der Waals surface area contributed by atoms with Crippen LogP contribution in [0.15, 0.2) is 35.8 Å². The van der Waals surface area contributed by atoms with Gasteiger partial charge in [-0.2, -0.15) is 0 Å². The van der Waals surface area contributed by atoms with E-state index in [-0.39, 0.29) is 36.2 Å². The largest absolute Gasteiger partial charge is 0.393 e. The molecular formula is C18H20N2O3S. The van der Waals surface area contributed by atoms with E-state index in [9.17, 15) is 14.7 Å². The summed E-state index contributed by atoms with van der Waals surface area (Å²) in [6.07, 6.45) is 3.01. The normalized spacial score (nSPS) is 20.9. The van der Waals surface area contributed by atoms with Gasteiger partial charge in [-0.15, -0.1) is 11.3 Å². The molecule has 1 fully saturated rings. The fourth-order valence-corrected chi connectivity index (χ4v) is 3.77. The number of ketones is 1. The first-order valence-corrected chi connectivity index (χ1v) is 8.87. The Labute approximate surface area is 144 Å². The molecule has 2 aromatic rings. The fraction of sp³-hybridized carbons (Fsp3) is 0.389. The predicted octanol–water partition coefficient (Wildman–Crippen LogP) is 2.52. The summed E-state index contributed by atoms with van der Waals surface area (Å²) in [5, 5.41) is 14.5. The maximum absolute atomic E-state index is 12.4. The molecule has 0 aliphatic heterocycles. The lowest BCUT2D eigenvalue weighted by atomic mass is 9.76. The van der Waals surface area contributed by atoms with E-state index in [4.69, 9.17) is 0 Å². The number of nitrogens with zero attached hydrogens (tertiary/aromatic N) is 1. The molecular weight excluding hydrogens is 324 g/mol. The third-order valence-electron chi connectivity index (χ3n) is 4.31. The number of pyridine rings is 1. The predicted molar refractivity (Wildman–Crippen MR) is 91.9 cm³/mol. The molecule has 0 spiro atoms. The fourth-order valence-electron chi connectivity index (χ4n) is 2.96. The van der Waals surface area contributed by atoms with Crippen molar-refractivity contribution in [3.8, 4) is 0 Å². The average molecular weight is 344 g/mol. The molecule has 1 aliphatic carbocycles. The summed E-state index contributed by atoms with van der Waals surface area (Å²) in [5.41, 5.74) is 1.66. The van der Waals surface area contributed by atoms with Crippen LogP contribution < -0.4 is 5.32 Å². The van der Waals surface area contributed by atoms with Crippen molar-refractivity contribution in [2.45, 2.75) is 38.3 Å². The van der Waals surface area contributed by atoms with E-state index in [2.05, 4.69) is 10.3 Å². The summed E-state index contributed by atoms with van der Waals surface area (Å²) in [7, 11) is 0. The average Bonchev–Trinajstić information content (AvgIpc) is 2.99. The zero-order chi connectivity index (χ0) is 17.1. The first kappa shape index (κ1) is 16.8. The van der Waals surface area contributed by atoms with E-state index in [1.165, 1.54) is 18.3 Å². The second kappa shape index (κ2) is 7.23. The summed E-state index contributed by atoms with van der Waals surface area (Å²) in [4.78, 5) is 28.8. The number of hydrogen-bond donors (Lipinski definition) is 2. The number of aliphatic hydroxyl groups excluding tert-OH is 1. The first-order chi connectivity index (χ1) is 11.5. The third kappa shape index (κ3) is 3.88. The van der Waals surface area contributed by atoms with Crippen molar-refractivity contribution >= 4 is 23.0 Å². The highest BCUT2D eigenvalue weighted by atomic mass is 32.1. The lowest BCUT2D eigenvalue weighted by Gasteiger charge is -2.37. The first-order valence-electron chi connectivity index (χ1n) is 7.99. The van der Waals surface area contributed by atoms with Crippen LogP contribution in [0.4, 0.5) is 0 Å². The van der Waals surface area contributed by atoms with E-state index in [1.54, 1.807) is 12.3 Å². The monoisotopic (exact) mass is 344 g/mol. The molecule has 1 saturated carbocycles. The Hall–Kier alpha value is -2.05. The maximum atomic E-state index is 12.4. The van der Waals surface area contributed by atoms with Crippen molar-refractivity contribution in [2.24, 2.45) is 5.92 Å². The summed E-state index contributed by atoms with van der Waals surface area (Å²) < 4.78 is 0. The molecule has 1 amide bonds. The second-order valence-corrected chi connectivity index (χ2v) is 7.15. The molecule has 1 aliphatic rings. The number of Topliss-reactive ketones (excluding diaryl/α,β-unsaturated/α-hetero) is 1. The second-order valence-electron chi connectivity index (χ2n) is 6.24. The summed E-state index contributed by atoms with van der Waals surface area (Å²) in [5.74, 6) is 0.121. The highest BCUT2D eigenvalue weighted by molar-refractivity contribution is 7.12. The molecule has 6 heteroatoms. The van der Waals surface area contributed by atoms with Crippen LogP contribution in [0.25, 0.3) is 0 Å². The van der Waals surface area contributed by atoms with E-state index >= 15 is 0 Å². The topological polar surface area (TPSA) is 79.3 Å². The minimum absolute atomic E-state index is 0.0153. The van der Waals surface area contributed by atoms with Gasteiger partial charge in [-0.05, 0) is 54.8 Å². The number of rotatable bonds is 6. The van der Waals surface area contributed by atoms with Crippen LogP contribution in [0.5, 0.6) is 0 Å². The van der Waals surface area contributed by atoms with Crippen LogP contribution in [0, 0.1) is 5.92 Å². The molecule has 3 rings (SSSR count). The lowest BCUT2D eigenvalue weighted by molar-refractivity contribution is -0.122. The van der Waals surface area contributed by atoms with Crippen molar-refractivity contribution < 1.29 is 14.7 Å². The van der Waals surface area contributed by atoms with Gasteiger partial charge in [0, 0.05) is 6.20 Å². The molecule has 0 aromatic carbocycles. The van der Waals surface area contributed by atoms with Gasteiger partial charge in [0.1, 0.15) is 0 Å². The molecule has 2 aromatic heterocycles. The Morgan fingerprint density at radius 1 is 1.42 bits per heavy atom. The Balaban J connectivity index is 1.67. The minimum atomic E-state index is -0.284. The number of hydrogen-bond acceptors (Lipinski definition) is 5. The Morgan fingerprint density at radius 3 is 2.79 bits per heavy atom. The van der Waals surface area contributed by atoms with Gasteiger partial charge in [0.2, 0.25) is 5.91 Å². The quantitative estimate of drug-likeness (QED) is 0.789. The smallest absolute Gasteiger partial charge is 0.224 e. The zero-order valence-corrected chi connectivity index (χ0v) is 14.3. The molecule has 1 unspecified atom stereocenters. The number of nitrogens with one attached hydrogen (secondary N) is 1. The SMILES string of the molecule is CC(=O)c1cc(CC(=O)NC(c2ccccn2)C2CC(O)C2)cs1. The minimum Gasteiger partial charge on any atom is -0.393 e. The summed E-state index contributed by atoms with van der Waals surface area (Å²) in [6, 6.07) is 7.22. The van der Waals surface area contributed by atoms with Crippen LogP contribution in [-0.2, 0) is 11.2 Å². The van der Waals surface area contributed by atoms with Gasteiger partial charge in [0.15, 0.2) is 5.78 Å². The van der Waals surface area contributed by atoms with E-state index in [1.807, 2.05) is 23.6 Å². The maximum Gasteiger partial charge on any atom is 0.224 e. The number of amides is 1. The highest BCUT2D eigenvalue weighted by Crippen LogP contribution is 2.37. The number of aromatic nitrogens is 1. The molecule has 0 radical (unpaired) electrons. The Bertz CT molecular complexity index is 723. The van der Waals surface area contributed by atoms with Crippen LogP contribution in [-0.4, -0.2) is 27.9 Å². The molecule has 126 valence electrons. The molecule has 2 N–H and O–H groups in total. The van der Waals surface area contributed by atoms with Gasteiger partial charge < -0.3 is 10.4 Å². The zero-order valence-electron chi connectivity index (χ0n) is 13.4. The van der Waals surface area contributed by atoms with Gasteiger partial charge >= 0.3 is 0 Å². The van der Waals surface area contributed by atoms with Crippen molar-refractivity contribution in [1.82, 2.24) is 10.3 Å². The van der Waals surface area contributed by atoms with E-state index < -0.39 is 0 Å². The standard InChI is InChI=1S/C18H20N2O3S/c1-11(21)16-6-12(10-24-16)7-17(23)20-18(13-8-14(22)9-13)15-4-2-3-5-19-15/h2-6,10,13-14,18,22H,7-9H2,1H3,(H,20,23). The Morgan fingerprint density at radius 2 is 2.21 bits per heavy atom. The summed E-state index contributed by atoms with van der Waals surface area (Å²) in [6.45, 7) is 1.52. The van der Waals surface area contributed by atoms with Crippen LogP contribution >= 0.6 is 11.3 Å². The van der Waals surface area contributed by atoms with Crippen molar-refractivity contribution in [3.63, 3.8) is 0 Å². The van der Waals surface area contributed by atoms with Crippen LogP contribution in [0.1, 0.15) is 46.7 Å². The third-order valence-corrected chi connectivity index (χ3v) is 5.39. The van der Waals surface area contributed by atoms with Gasteiger partial charge in [-0.1, -0.05) is 6.07 Å². The van der Waals surface area contributed by atoms with Gasteiger partial charge in [-0.3, -0.25) is 14.6 Å². The number of thiophene rings is 1. The number of carbonyl (C=O) groups excluding carboxylic acids is 2. The van der Waals surface area contributed by atoms with Crippen molar-refractivity contribution in [3.05, 3.63) is 52.0 Å². The molecule has 24 heavy (non-hydrogen) atoms. The van der Waals surface area contributed by atoms with Gasteiger partial charge in [0.05, 0.1) is 29.1 Å². The lowest BCUT2D eigenvalue weighted by Crippen LogP contribution is -2.42. The Kier molecular flexibility index (Phi) is 5.06.